The normalized spacial score (nSPS) is 11.8. The fraction of sp³-hybridized carbons (Fsp3) is 0.500. The third-order valence-electron chi connectivity index (χ3n) is 2.54. The fourth-order valence-corrected chi connectivity index (χ4v) is 1.44. The lowest BCUT2D eigenvalue weighted by molar-refractivity contribution is 0.399. The number of nitrogens with one attached hydrogen (secondary N) is 1. The van der Waals surface area contributed by atoms with Crippen LogP contribution in [-0.4, -0.2) is 14.8 Å². The van der Waals surface area contributed by atoms with Gasteiger partial charge in [0, 0.05) is 24.4 Å². The lowest BCUT2D eigenvalue weighted by Crippen LogP contribution is -2.11. The number of rotatable bonds is 3. The Morgan fingerprint density at radius 1 is 1.35 bits per heavy atom. The molecule has 0 saturated heterocycles. The quantitative estimate of drug-likeness (QED) is 0.885. The summed E-state index contributed by atoms with van der Waals surface area (Å²) in [4.78, 5) is 0. The smallest absolute Gasteiger partial charge is 0.315 e. The van der Waals surface area contributed by atoms with Crippen LogP contribution in [0.5, 0.6) is 0 Å². The van der Waals surface area contributed by atoms with Gasteiger partial charge in [0.2, 0.25) is 5.89 Å². The van der Waals surface area contributed by atoms with Crippen LogP contribution >= 0.6 is 0 Å². The van der Waals surface area contributed by atoms with Crippen LogP contribution < -0.4 is 5.32 Å². The standard InChI is InChI=1S/C12H18N4O/c1-12(2,3)10-14-15-11(17-10)13-8-9-6-5-7-16(9)4/h5-7H,8H2,1-4H3,(H,13,15). The summed E-state index contributed by atoms with van der Waals surface area (Å²) in [5, 5.41) is 11.1. The van der Waals surface area contributed by atoms with Crippen LogP contribution in [0.15, 0.2) is 22.7 Å². The van der Waals surface area contributed by atoms with Crippen LogP contribution in [0.3, 0.4) is 0 Å². The van der Waals surface area contributed by atoms with Gasteiger partial charge in [-0.15, -0.1) is 5.10 Å². The second-order valence-corrected chi connectivity index (χ2v) is 5.13. The summed E-state index contributed by atoms with van der Waals surface area (Å²) >= 11 is 0. The van der Waals surface area contributed by atoms with Gasteiger partial charge in [0.05, 0.1) is 6.54 Å². The highest BCUT2D eigenvalue weighted by molar-refractivity contribution is 5.21. The molecule has 1 N–H and O–H groups in total. The van der Waals surface area contributed by atoms with Gasteiger partial charge in [-0.1, -0.05) is 25.9 Å². The molecule has 0 spiro atoms. The Balaban J connectivity index is 2.01. The molecule has 2 aromatic heterocycles. The summed E-state index contributed by atoms with van der Waals surface area (Å²) in [5.41, 5.74) is 1.05. The van der Waals surface area contributed by atoms with Crippen LogP contribution in [0.4, 0.5) is 6.01 Å². The van der Waals surface area contributed by atoms with Crippen molar-refractivity contribution < 1.29 is 4.42 Å². The molecule has 0 aliphatic rings. The molecular weight excluding hydrogens is 216 g/mol. The van der Waals surface area contributed by atoms with Crippen molar-refractivity contribution in [1.82, 2.24) is 14.8 Å². The number of nitrogens with zero attached hydrogens (tertiary/aromatic N) is 3. The molecule has 0 saturated carbocycles. The maximum Gasteiger partial charge on any atom is 0.315 e. The van der Waals surface area contributed by atoms with Crippen molar-refractivity contribution in [1.29, 1.82) is 0 Å². The molecule has 2 rings (SSSR count). The van der Waals surface area contributed by atoms with Gasteiger partial charge in [0.15, 0.2) is 0 Å². The Bertz CT molecular complexity index is 493. The molecule has 0 aromatic carbocycles. The molecule has 0 atom stereocenters. The minimum atomic E-state index is -0.113. The third kappa shape index (κ3) is 2.67. The molecule has 0 aliphatic carbocycles. The highest BCUT2D eigenvalue weighted by Gasteiger charge is 2.21. The van der Waals surface area contributed by atoms with Crippen molar-refractivity contribution in [3.05, 3.63) is 29.9 Å². The van der Waals surface area contributed by atoms with E-state index in [1.807, 2.05) is 50.7 Å². The van der Waals surface area contributed by atoms with Crippen LogP contribution in [0.25, 0.3) is 0 Å². The first-order valence-electron chi connectivity index (χ1n) is 5.65. The second-order valence-electron chi connectivity index (χ2n) is 5.13. The maximum atomic E-state index is 5.54. The van der Waals surface area contributed by atoms with Crippen molar-refractivity contribution >= 4 is 6.01 Å². The Hall–Kier alpha value is -1.78. The van der Waals surface area contributed by atoms with E-state index < -0.39 is 0 Å². The van der Waals surface area contributed by atoms with Gasteiger partial charge in [-0.25, -0.2) is 0 Å². The molecule has 0 bridgehead atoms. The van der Waals surface area contributed by atoms with E-state index in [9.17, 15) is 0 Å². The van der Waals surface area contributed by atoms with E-state index in [2.05, 4.69) is 15.5 Å². The Morgan fingerprint density at radius 3 is 2.65 bits per heavy atom. The predicted octanol–water partition coefficient (Wildman–Crippen LogP) is 2.32. The van der Waals surface area contributed by atoms with E-state index in [-0.39, 0.29) is 5.41 Å². The largest absolute Gasteiger partial charge is 0.408 e. The summed E-state index contributed by atoms with van der Waals surface area (Å²) in [6.07, 6.45) is 2.01. The van der Waals surface area contributed by atoms with Gasteiger partial charge in [0.25, 0.3) is 0 Å². The molecule has 5 heteroatoms. The highest BCUT2D eigenvalue weighted by atomic mass is 16.4. The summed E-state index contributed by atoms with van der Waals surface area (Å²) < 4.78 is 7.59. The first-order chi connectivity index (χ1) is 7.97. The zero-order valence-electron chi connectivity index (χ0n) is 10.7. The van der Waals surface area contributed by atoms with E-state index >= 15 is 0 Å². The van der Waals surface area contributed by atoms with Gasteiger partial charge >= 0.3 is 6.01 Å². The van der Waals surface area contributed by atoms with Crippen LogP contribution in [0.1, 0.15) is 32.4 Å². The second kappa shape index (κ2) is 4.24. The van der Waals surface area contributed by atoms with Crippen molar-refractivity contribution in [2.45, 2.75) is 32.7 Å². The topological polar surface area (TPSA) is 55.9 Å². The molecule has 2 aromatic rings. The third-order valence-corrected chi connectivity index (χ3v) is 2.54. The minimum Gasteiger partial charge on any atom is -0.408 e. The summed E-state index contributed by atoms with van der Waals surface area (Å²) in [7, 11) is 2.01. The molecule has 0 unspecified atom stereocenters. The fourth-order valence-electron chi connectivity index (χ4n) is 1.44. The first kappa shape index (κ1) is 11.7. The van der Waals surface area contributed by atoms with E-state index in [1.54, 1.807) is 0 Å². The summed E-state index contributed by atoms with van der Waals surface area (Å²) in [6, 6.07) is 4.52. The number of hydrogen-bond acceptors (Lipinski definition) is 4. The molecule has 92 valence electrons. The van der Waals surface area contributed by atoms with E-state index in [1.165, 1.54) is 5.69 Å². The molecule has 0 radical (unpaired) electrons. The van der Waals surface area contributed by atoms with Gasteiger partial charge in [-0.05, 0) is 12.1 Å². The van der Waals surface area contributed by atoms with Gasteiger partial charge in [-0.2, -0.15) is 0 Å². The van der Waals surface area contributed by atoms with Gasteiger partial charge < -0.3 is 14.3 Å². The molecule has 5 nitrogen and oxygen atoms in total. The van der Waals surface area contributed by atoms with Crippen LogP contribution in [0, 0.1) is 0 Å². The molecule has 17 heavy (non-hydrogen) atoms. The van der Waals surface area contributed by atoms with Crippen molar-refractivity contribution in [2.24, 2.45) is 7.05 Å². The van der Waals surface area contributed by atoms with Gasteiger partial charge in [0.1, 0.15) is 0 Å². The lowest BCUT2D eigenvalue weighted by Gasteiger charge is -2.11. The van der Waals surface area contributed by atoms with E-state index in [0.29, 0.717) is 18.5 Å². The number of hydrogen-bond donors (Lipinski definition) is 1. The van der Waals surface area contributed by atoms with Gasteiger partial charge in [-0.3, -0.25) is 0 Å². The zero-order chi connectivity index (χ0) is 12.5. The first-order valence-corrected chi connectivity index (χ1v) is 5.65. The number of aryl methyl sites for hydroxylation is 1. The molecule has 0 amide bonds. The van der Waals surface area contributed by atoms with Crippen molar-refractivity contribution in [2.75, 3.05) is 5.32 Å². The molecule has 0 aliphatic heterocycles. The minimum absolute atomic E-state index is 0.113. The Morgan fingerprint density at radius 2 is 2.12 bits per heavy atom. The average molecular weight is 234 g/mol. The lowest BCUT2D eigenvalue weighted by atomic mass is 9.97. The van der Waals surface area contributed by atoms with Crippen LogP contribution in [0.2, 0.25) is 0 Å². The monoisotopic (exact) mass is 234 g/mol. The summed E-state index contributed by atoms with van der Waals surface area (Å²) in [6.45, 7) is 6.81. The Labute approximate surface area is 101 Å². The zero-order valence-corrected chi connectivity index (χ0v) is 10.7. The molecule has 0 fully saturated rings. The number of anilines is 1. The van der Waals surface area contributed by atoms with Crippen molar-refractivity contribution in [3.63, 3.8) is 0 Å². The predicted molar refractivity (Wildman–Crippen MR) is 65.7 cm³/mol. The highest BCUT2D eigenvalue weighted by Crippen LogP contribution is 2.22. The molecule has 2 heterocycles. The molecular formula is C12H18N4O. The van der Waals surface area contributed by atoms with Crippen LogP contribution in [-0.2, 0) is 19.0 Å². The van der Waals surface area contributed by atoms with E-state index in [0.717, 1.165) is 0 Å². The Kier molecular flexibility index (Phi) is 2.92. The number of aromatic nitrogens is 3. The SMILES string of the molecule is Cn1cccc1CNc1nnc(C(C)(C)C)o1. The maximum absolute atomic E-state index is 5.54. The van der Waals surface area contributed by atoms with Crippen molar-refractivity contribution in [3.8, 4) is 0 Å². The average Bonchev–Trinajstić information content (AvgIpc) is 2.82. The summed E-state index contributed by atoms with van der Waals surface area (Å²) in [5.74, 6) is 0.645. The van der Waals surface area contributed by atoms with E-state index in [4.69, 9.17) is 4.42 Å².